The maximum absolute atomic E-state index is 11.8. The van der Waals surface area contributed by atoms with Crippen LogP contribution in [-0.4, -0.2) is 32.1 Å². The molecular weight excluding hydrogens is 340 g/mol. The van der Waals surface area contributed by atoms with Crippen molar-refractivity contribution in [3.05, 3.63) is 60.2 Å². The van der Waals surface area contributed by atoms with E-state index in [9.17, 15) is 4.79 Å². The zero-order valence-corrected chi connectivity index (χ0v) is 15.3. The highest BCUT2D eigenvalue weighted by molar-refractivity contribution is 5.85. The number of amides is 1. The van der Waals surface area contributed by atoms with Crippen molar-refractivity contribution in [3.63, 3.8) is 0 Å². The lowest BCUT2D eigenvalue weighted by molar-refractivity contribution is -0.123. The lowest BCUT2D eigenvalue weighted by Crippen LogP contribution is -2.39. The van der Waals surface area contributed by atoms with E-state index >= 15 is 0 Å². The first kappa shape index (κ1) is 20.8. The summed E-state index contributed by atoms with van der Waals surface area (Å²) in [6.07, 6.45) is 0. The Bertz CT molecular complexity index is 638. The molecule has 1 atom stereocenters. The topological polar surface area (TPSA) is 59.6 Å². The molecule has 5 nitrogen and oxygen atoms in total. The molecule has 0 fully saturated rings. The minimum absolute atomic E-state index is 0. The predicted molar refractivity (Wildman–Crippen MR) is 101 cm³/mol. The van der Waals surface area contributed by atoms with Crippen LogP contribution in [0.15, 0.2) is 54.6 Å². The number of carbonyl (C=O) groups excluding carboxylic acids is 1. The number of carbonyl (C=O) groups is 1. The molecule has 0 saturated heterocycles. The molecule has 1 unspecified atom stereocenters. The van der Waals surface area contributed by atoms with E-state index in [0.29, 0.717) is 24.7 Å². The standard InChI is InChI=1S/C19H24N2O3.ClH/c1-15(20-2)12-21-19(22)14-24-18-11-7-6-10-17(18)23-13-16-8-4-3-5-9-16;/h3-11,15,20H,12-14H2,1-2H3,(H,21,22);1H. The SMILES string of the molecule is CNC(C)CNC(=O)COc1ccccc1OCc1ccccc1.Cl. The second-order valence-corrected chi connectivity index (χ2v) is 5.50. The van der Waals surface area contributed by atoms with E-state index in [4.69, 9.17) is 9.47 Å². The number of nitrogens with one attached hydrogen (secondary N) is 2. The Balaban J connectivity index is 0.00000312. The maximum Gasteiger partial charge on any atom is 0.257 e. The van der Waals surface area contributed by atoms with Gasteiger partial charge in [0.25, 0.3) is 5.91 Å². The van der Waals surface area contributed by atoms with Gasteiger partial charge in [-0.2, -0.15) is 0 Å². The number of para-hydroxylation sites is 2. The van der Waals surface area contributed by atoms with Gasteiger partial charge in [0.1, 0.15) is 6.61 Å². The smallest absolute Gasteiger partial charge is 0.257 e. The van der Waals surface area contributed by atoms with Crippen molar-refractivity contribution in [2.75, 3.05) is 20.2 Å². The molecule has 2 aromatic rings. The first-order valence-corrected chi connectivity index (χ1v) is 8.01. The van der Waals surface area contributed by atoms with Crippen LogP contribution >= 0.6 is 12.4 Å². The van der Waals surface area contributed by atoms with Crippen LogP contribution in [-0.2, 0) is 11.4 Å². The number of hydrogen-bond donors (Lipinski definition) is 2. The summed E-state index contributed by atoms with van der Waals surface area (Å²) >= 11 is 0. The first-order valence-electron chi connectivity index (χ1n) is 8.01. The zero-order chi connectivity index (χ0) is 17.2. The van der Waals surface area contributed by atoms with Gasteiger partial charge >= 0.3 is 0 Å². The third kappa shape index (κ3) is 7.45. The summed E-state index contributed by atoms with van der Waals surface area (Å²) in [5.41, 5.74) is 1.08. The molecule has 0 aliphatic carbocycles. The van der Waals surface area contributed by atoms with Crippen LogP contribution in [0, 0.1) is 0 Å². The first-order chi connectivity index (χ1) is 11.7. The van der Waals surface area contributed by atoms with Crippen LogP contribution in [0.25, 0.3) is 0 Å². The molecular formula is C19H25ClN2O3. The Hall–Kier alpha value is -2.24. The number of likely N-dealkylation sites (N-methyl/N-ethyl adjacent to an activating group) is 1. The molecule has 0 heterocycles. The molecule has 2 aromatic carbocycles. The molecule has 0 aromatic heterocycles. The summed E-state index contributed by atoms with van der Waals surface area (Å²) in [6.45, 7) is 2.97. The summed E-state index contributed by atoms with van der Waals surface area (Å²) in [6, 6.07) is 17.5. The fourth-order valence-electron chi connectivity index (χ4n) is 1.99. The van der Waals surface area contributed by atoms with Crippen molar-refractivity contribution in [3.8, 4) is 11.5 Å². The van der Waals surface area contributed by atoms with Crippen molar-refractivity contribution in [2.24, 2.45) is 0 Å². The van der Waals surface area contributed by atoms with E-state index in [1.54, 1.807) is 6.07 Å². The van der Waals surface area contributed by atoms with Gasteiger partial charge in [0, 0.05) is 12.6 Å². The van der Waals surface area contributed by atoms with Gasteiger partial charge in [-0.15, -0.1) is 12.4 Å². The molecule has 2 rings (SSSR count). The summed E-state index contributed by atoms with van der Waals surface area (Å²) < 4.78 is 11.4. The van der Waals surface area contributed by atoms with E-state index in [-0.39, 0.29) is 31.0 Å². The second-order valence-electron chi connectivity index (χ2n) is 5.50. The van der Waals surface area contributed by atoms with Crippen LogP contribution in [0.5, 0.6) is 11.5 Å². The molecule has 136 valence electrons. The minimum atomic E-state index is -0.157. The van der Waals surface area contributed by atoms with Crippen LogP contribution in [0.2, 0.25) is 0 Å². The van der Waals surface area contributed by atoms with Gasteiger partial charge in [-0.1, -0.05) is 42.5 Å². The Labute approximate surface area is 155 Å². The maximum atomic E-state index is 11.8. The Kier molecular flexibility index (Phi) is 9.43. The van der Waals surface area contributed by atoms with Crippen LogP contribution < -0.4 is 20.1 Å². The van der Waals surface area contributed by atoms with Crippen molar-refractivity contribution < 1.29 is 14.3 Å². The highest BCUT2D eigenvalue weighted by atomic mass is 35.5. The van der Waals surface area contributed by atoms with Gasteiger partial charge in [0.05, 0.1) is 0 Å². The zero-order valence-electron chi connectivity index (χ0n) is 14.5. The van der Waals surface area contributed by atoms with E-state index in [2.05, 4.69) is 10.6 Å². The highest BCUT2D eigenvalue weighted by Crippen LogP contribution is 2.27. The average Bonchev–Trinajstić information content (AvgIpc) is 2.64. The fraction of sp³-hybridized carbons (Fsp3) is 0.316. The monoisotopic (exact) mass is 364 g/mol. The molecule has 25 heavy (non-hydrogen) atoms. The number of halogens is 1. The van der Waals surface area contributed by atoms with Gasteiger partial charge in [0.2, 0.25) is 0 Å². The normalized spacial score (nSPS) is 11.1. The molecule has 0 saturated carbocycles. The number of hydrogen-bond acceptors (Lipinski definition) is 4. The number of benzene rings is 2. The Morgan fingerprint density at radius 2 is 1.60 bits per heavy atom. The third-order valence-electron chi connectivity index (χ3n) is 3.54. The molecule has 0 radical (unpaired) electrons. The van der Waals surface area contributed by atoms with E-state index in [1.807, 2.05) is 62.5 Å². The van der Waals surface area contributed by atoms with Crippen molar-refractivity contribution >= 4 is 18.3 Å². The lowest BCUT2D eigenvalue weighted by atomic mass is 10.2. The Morgan fingerprint density at radius 1 is 1.00 bits per heavy atom. The number of ether oxygens (including phenoxy) is 2. The van der Waals surface area contributed by atoms with E-state index < -0.39 is 0 Å². The predicted octanol–water partition coefficient (Wildman–Crippen LogP) is 2.79. The molecule has 6 heteroatoms. The molecule has 1 amide bonds. The minimum Gasteiger partial charge on any atom is -0.485 e. The quantitative estimate of drug-likeness (QED) is 0.718. The number of rotatable bonds is 9. The molecule has 2 N–H and O–H groups in total. The van der Waals surface area contributed by atoms with Crippen LogP contribution in [0.3, 0.4) is 0 Å². The van der Waals surface area contributed by atoms with E-state index in [0.717, 1.165) is 5.56 Å². The Morgan fingerprint density at radius 3 is 2.24 bits per heavy atom. The van der Waals surface area contributed by atoms with Crippen molar-refractivity contribution in [2.45, 2.75) is 19.6 Å². The van der Waals surface area contributed by atoms with Crippen molar-refractivity contribution in [1.29, 1.82) is 0 Å². The largest absolute Gasteiger partial charge is 0.485 e. The average molecular weight is 365 g/mol. The highest BCUT2D eigenvalue weighted by Gasteiger charge is 2.08. The summed E-state index contributed by atoms with van der Waals surface area (Å²) in [5, 5.41) is 5.87. The third-order valence-corrected chi connectivity index (χ3v) is 3.54. The summed E-state index contributed by atoms with van der Waals surface area (Å²) in [7, 11) is 1.85. The van der Waals surface area contributed by atoms with Gasteiger partial charge in [-0.3, -0.25) is 4.79 Å². The van der Waals surface area contributed by atoms with Gasteiger partial charge < -0.3 is 20.1 Å². The molecule has 0 spiro atoms. The van der Waals surface area contributed by atoms with Crippen LogP contribution in [0.4, 0.5) is 0 Å². The van der Waals surface area contributed by atoms with Gasteiger partial charge in [-0.05, 0) is 31.7 Å². The van der Waals surface area contributed by atoms with Crippen LogP contribution in [0.1, 0.15) is 12.5 Å². The summed E-state index contributed by atoms with van der Waals surface area (Å²) in [5.74, 6) is 1.03. The molecule has 0 bridgehead atoms. The summed E-state index contributed by atoms with van der Waals surface area (Å²) in [4.78, 5) is 11.8. The lowest BCUT2D eigenvalue weighted by Gasteiger charge is -2.14. The fourth-order valence-corrected chi connectivity index (χ4v) is 1.99. The molecule has 0 aliphatic rings. The second kappa shape index (κ2) is 11.3. The molecule has 0 aliphatic heterocycles. The van der Waals surface area contributed by atoms with Crippen molar-refractivity contribution in [1.82, 2.24) is 10.6 Å². The van der Waals surface area contributed by atoms with E-state index in [1.165, 1.54) is 0 Å². The van der Waals surface area contributed by atoms with Gasteiger partial charge in [0.15, 0.2) is 18.1 Å². The van der Waals surface area contributed by atoms with Gasteiger partial charge in [-0.25, -0.2) is 0 Å².